The van der Waals surface area contributed by atoms with Gasteiger partial charge in [0, 0.05) is 44.1 Å². The lowest BCUT2D eigenvalue weighted by molar-refractivity contribution is 0.414. The van der Waals surface area contributed by atoms with Gasteiger partial charge in [0.1, 0.15) is 5.75 Å². The summed E-state index contributed by atoms with van der Waals surface area (Å²) in [6.45, 7) is 1.69. The van der Waals surface area contributed by atoms with Gasteiger partial charge in [0.05, 0.1) is 13.7 Å². The zero-order valence-electron chi connectivity index (χ0n) is 15.4. The largest absolute Gasteiger partial charge is 0.497 e. The van der Waals surface area contributed by atoms with Crippen LogP contribution in [0.1, 0.15) is 17.7 Å². The molecule has 1 aromatic carbocycles. The summed E-state index contributed by atoms with van der Waals surface area (Å²) in [5, 5.41) is 3.44. The van der Waals surface area contributed by atoms with E-state index in [-0.39, 0.29) is 0 Å². The maximum absolute atomic E-state index is 5.19. The molecule has 0 amide bonds. The van der Waals surface area contributed by atoms with Gasteiger partial charge in [-0.1, -0.05) is 12.1 Å². The van der Waals surface area contributed by atoms with Crippen LogP contribution in [0.25, 0.3) is 0 Å². The van der Waals surface area contributed by atoms with Crippen LogP contribution in [0.15, 0.2) is 46.0 Å². The standard InChI is InChI=1S/C19H27BrN4O/c1-21-19(24(3)14-17-12-16(20)13-23(17)2)22-11-5-6-15-7-9-18(25-4)10-8-15/h7-10,12-13H,5-6,11,14H2,1-4H3,(H,21,22). The average molecular weight is 407 g/mol. The van der Waals surface area contributed by atoms with Crippen LogP contribution >= 0.6 is 15.9 Å². The molecule has 0 unspecified atom stereocenters. The Morgan fingerprint density at radius 2 is 2.04 bits per heavy atom. The Balaban J connectivity index is 1.78. The molecule has 0 aliphatic carbocycles. The van der Waals surface area contributed by atoms with Gasteiger partial charge in [0.2, 0.25) is 0 Å². The molecule has 1 N–H and O–H groups in total. The van der Waals surface area contributed by atoms with Crippen molar-refractivity contribution in [2.75, 3.05) is 27.7 Å². The first-order chi connectivity index (χ1) is 12.0. The Morgan fingerprint density at radius 3 is 2.60 bits per heavy atom. The van der Waals surface area contributed by atoms with E-state index in [2.05, 4.69) is 74.2 Å². The topological polar surface area (TPSA) is 41.8 Å². The highest BCUT2D eigenvalue weighted by molar-refractivity contribution is 9.10. The summed E-state index contributed by atoms with van der Waals surface area (Å²) in [5.41, 5.74) is 2.55. The number of hydrogen-bond acceptors (Lipinski definition) is 2. The first kappa shape index (κ1) is 19.4. The molecule has 5 nitrogen and oxygen atoms in total. The fourth-order valence-corrected chi connectivity index (χ4v) is 3.28. The molecular formula is C19H27BrN4O. The molecule has 0 spiro atoms. The van der Waals surface area contributed by atoms with E-state index >= 15 is 0 Å². The molecule has 0 saturated carbocycles. The van der Waals surface area contributed by atoms with Gasteiger partial charge in [-0.3, -0.25) is 4.99 Å². The zero-order valence-corrected chi connectivity index (χ0v) is 17.0. The highest BCUT2D eigenvalue weighted by Crippen LogP contribution is 2.15. The van der Waals surface area contributed by atoms with E-state index < -0.39 is 0 Å². The van der Waals surface area contributed by atoms with Crippen molar-refractivity contribution in [3.8, 4) is 5.75 Å². The number of rotatable bonds is 7. The zero-order chi connectivity index (χ0) is 18.2. The molecule has 0 saturated heterocycles. The lowest BCUT2D eigenvalue weighted by Crippen LogP contribution is -2.39. The Bertz CT molecular complexity index is 694. The van der Waals surface area contributed by atoms with Crippen molar-refractivity contribution in [3.05, 3.63) is 52.3 Å². The van der Waals surface area contributed by atoms with E-state index in [0.29, 0.717) is 0 Å². The van der Waals surface area contributed by atoms with Crippen molar-refractivity contribution in [3.63, 3.8) is 0 Å². The lowest BCUT2D eigenvalue weighted by Gasteiger charge is -2.22. The second-order valence-electron chi connectivity index (χ2n) is 6.04. The number of nitrogens with zero attached hydrogens (tertiary/aromatic N) is 3. The second-order valence-corrected chi connectivity index (χ2v) is 6.96. The summed E-state index contributed by atoms with van der Waals surface area (Å²) in [7, 11) is 7.62. The Labute approximate surface area is 158 Å². The Hall–Kier alpha value is -1.95. The molecule has 1 heterocycles. The van der Waals surface area contributed by atoms with Gasteiger partial charge < -0.3 is 19.5 Å². The molecule has 0 bridgehead atoms. The van der Waals surface area contributed by atoms with Crippen LogP contribution in [-0.2, 0) is 20.0 Å². The summed E-state index contributed by atoms with van der Waals surface area (Å²) < 4.78 is 8.41. The minimum atomic E-state index is 0.806. The minimum Gasteiger partial charge on any atom is -0.497 e. The van der Waals surface area contributed by atoms with Crippen molar-refractivity contribution in [1.82, 2.24) is 14.8 Å². The second kappa shape index (κ2) is 9.51. The molecule has 2 aromatic rings. The number of aryl methyl sites for hydroxylation is 2. The van der Waals surface area contributed by atoms with Crippen LogP contribution in [0.4, 0.5) is 0 Å². The van der Waals surface area contributed by atoms with E-state index in [1.807, 2.05) is 19.2 Å². The molecule has 0 aliphatic rings. The summed E-state index contributed by atoms with van der Waals surface area (Å²) in [5.74, 6) is 1.81. The number of nitrogens with one attached hydrogen (secondary N) is 1. The quantitative estimate of drug-likeness (QED) is 0.435. The van der Waals surface area contributed by atoms with E-state index in [1.54, 1.807) is 7.11 Å². The third-order valence-electron chi connectivity index (χ3n) is 4.13. The average Bonchev–Trinajstić information content (AvgIpc) is 2.92. The van der Waals surface area contributed by atoms with Gasteiger partial charge in [0.25, 0.3) is 0 Å². The maximum atomic E-state index is 5.19. The van der Waals surface area contributed by atoms with E-state index in [4.69, 9.17) is 4.74 Å². The van der Waals surface area contributed by atoms with Gasteiger partial charge in [-0.25, -0.2) is 0 Å². The smallest absolute Gasteiger partial charge is 0.193 e. The highest BCUT2D eigenvalue weighted by Gasteiger charge is 2.09. The van der Waals surface area contributed by atoms with Crippen molar-refractivity contribution in [2.45, 2.75) is 19.4 Å². The van der Waals surface area contributed by atoms with Crippen LogP contribution in [0.3, 0.4) is 0 Å². The first-order valence-corrected chi connectivity index (χ1v) is 9.18. The van der Waals surface area contributed by atoms with E-state index in [1.165, 1.54) is 11.3 Å². The molecule has 6 heteroatoms. The fourth-order valence-electron chi connectivity index (χ4n) is 2.71. The number of ether oxygens (including phenoxy) is 1. The third-order valence-corrected chi connectivity index (χ3v) is 4.57. The van der Waals surface area contributed by atoms with Crippen LogP contribution in [0.5, 0.6) is 5.75 Å². The maximum Gasteiger partial charge on any atom is 0.193 e. The van der Waals surface area contributed by atoms with Gasteiger partial charge in [-0.2, -0.15) is 0 Å². The van der Waals surface area contributed by atoms with Crippen LogP contribution in [0.2, 0.25) is 0 Å². The normalized spacial score (nSPS) is 11.5. The summed E-state index contributed by atoms with van der Waals surface area (Å²) in [6.07, 6.45) is 4.14. The summed E-state index contributed by atoms with van der Waals surface area (Å²) in [6, 6.07) is 10.4. The van der Waals surface area contributed by atoms with Crippen molar-refractivity contribution in [2.24, 2.45) is 12.0 Å². The monoisotopic (exact) mass is 406 g/mol. The number of benzene rings is 1. The Morgan fingerprint density at radius 1 is 1.32 bits per heavy atom. The predicted molar refractivity (Wildman–Crippen MR) is 107 cm³/mol. The SMILES string of the molecule is CN=C(NCCCc1ccc(OC)cc1)N(C)Cc1cc(Br)cn1C. The molecule has 1 aromatic heterocycles. The van der Waals surface area contributed by atoms with Gasteiger partial charge in [0.15, 0.2) is 5.96 Å². The number of methoxy groups -OCH3 is 1. The molecule has 25 heavy (non-hydrogen) atoms. The van der Waals surface area contributed by atoms with Gasteiger partial charge in [-0.15, -0.1) is 0 Å². The van der Waals surface area contributed by atoms with E-state index in [9.17, 15) is 0 Å². The summed E-state index contributed by atoms with van der Waals surface area (Å²) in [4.78, 5) is 6.52. The highest BCUT2D eigenvalue weighted by atomic mass is 79.9. The number of aliphatic imine (C=N–C) groups is 1. The van der Waals surface area contributed by atoms with Gasteiger partial charge >= 0.3 is 0 Å². The van der Waals surface area contributed by atoms with Gasteiger partial charge in [-0.05, 0) is 52.5 Å². The molecule has 136 valence electrons. The number of aromatic nitrogens is 1. The number of halogens is 1. The minimum absolute atomic E-state index is 0.806. The van der Waals surface area contributed by atoms with Crippen LogP contribution < -0.4 is 10.1 Å². The molecule has 0 atom stereocenters. The predicted octanol–water partition coefficient (Wildman–Crippen LogP) is 3.44. The molecule has 0 fully saturated rings. The number of hydrogen-bond donors (Lipinski definition) is 1. The van der Waals surface area contributed by atoms with Crippen molar-refractivity contribution < 1.29 is 4.74 Å². The van der Waals surface area contributed by atoms with Crippen LogP contribution in [0, 0.1) is 0 Å². The first-order valence-electron chi connectivity index (χ1n) is 8.39. The lowest BCUT2D eigenvalue weighted by atomic mass is 10.1. The fraction of sp³-hybridized carbons (Fsp3) is 0.421. The van der Waals surface area contributed by atoms with Crippen molar-refractivity contribution in [1.29, 1.82) is 0 Å². The Kier molecular flexibility index (Phi) is 7.37. The molecular weight excluding hydrogens is 380 g/mol. The third kappa shape index (κ3) is 5.81. The molecule has 2 rings (SSSR count). The van der Waals surface area contributed by atoms with Crippen LogP contribution in [-0.4, -0.2) is 43.2 Å². The van der Waals surface area contributed by atoms with E-state index in [0.717, 1.165) is 42.1 Å². The molecule has 0 radical (unpaired) electrons. The van der Waals surface area contributed by atoms with Crippen molar-refractivity contribution >= 4 is 21.9 Å². The number of guanidine groups is 1. The summed E-state index contributed by atoms with van der Waals surface area (Å²) >= 11 is 3.52. The molecule has 0 aliphatic heterocycles.